The van der Waals surface area contributed by atoms with E-state index in [1.54, 1.807) is 0 Å². The number of esters is 1. The third-order valence-corrected chi connectivity index (χ3v) is 5.91. The van der Waals surface area contributed by atoms with Crippen LogP contribution in [0, 0.1) is 0 Å². The number of hydrogen-bond acceptors (Lipinski definition) is 7. The summed E-state index contributed by atoms with van der Waals surface area (Å²) in [5.41, 5.74) is 1.11. The Bertz CT molecular complexity index is 793. The van der Waals surface area contributed by atoms with Gasteiger partial charge in [0.2, 0.25) is 5.60 Å². The average molecular weight is 418 g/mol. The summed E-state index contributed by atoms with van der Waals surface area (Å²) in [5.74, 6) is -0.945. The highest BCUT2D eigenvalue weighted by atomic mass is 35.5. The molecule has 3 rings (SSSR count). The smallest absolute Gasteiger partial charge is 0.351 e. The molecule has 2 aliphatic rings. The number of anilines is 1. The summed E-state index contributed by atoms with van der Waals surface area (Å²) in [7, 11) is 0. The predicted octanol–water partition coefficient (Wildman–Crippen LogP) is 1.69. The summed E-state index contributed by atoms with van der Waals surface area (Å²) in [5, 5.41) is 10.3. The molecule has 3 N–H and O–H groups in total. The normalized spacial score (nSPS) is 33.5. The number of rotatable bonds is 9. The first-order chi connectivity index (χ1) is 13.3. The van der Waals surface area contributed by atoms with Crippen molar-refractivity contribution in [3.8, 4) is 0 Å². The number of ether oxygens (including phenoxy) is 2. The number of aromatic nitrogens is 2. The number of nitrogen functional groups attached to an aromatic ring is 1. The molecule has 0 bridgehead atoms. The van der Waals surface area contributed by atoms with Gasteiger partial charge in [-0.3, -0.25) is 9.36 Å². The van der Waals surface area contributed by atoms with Crippen LogP contribution in [0.15, 0.2) is 17.1 Å². The number of hydrogen-bond donors (Lipinski definition) is 2. The maximum Gasteiger partial charge on any atom is 0.351 e. The van der Waals surface area contributed by atoms with Crippen LogP contribution in [0.5, 0.6) is 0 Å². The Kier molecular flexibility index (Phi) is 5.97. The summed E-state index contributed by atoms with van der Waals surface area (Å²) in [6.45, 7) is 2.09. The maximum atomic E-state index is 15.3. The lowest BCUT2D eigenvalue weighted by molar-refractivity contribution is -0.159. The van der Waals surface area contributed by atoms with Crippen molar-refractivity contribution >= 4 is 23.4 Å². The van der Waals surface area contributed by atoms with Crippen LogP contribution in [-0.2, 0) is 14.3 Å². The van der Waals surface area contributed by atoms with Crippen molar-refractivity contribution in [2.24, 2.45) is 0 Å². The Hall–Kier alpha value is -1.71. The van der Waals surface area contributed by atoms with E-state index in [0.29, 0.717) is 6.42 Å². The molecule has 5 atom stereocenters. The zero-order valence-electron chi connectivity index (χ0n) is 15.6. The van der Waals surface area contributed by atoms with E-state index in [1.165, 1.54) is 12.3 Å². The Balaban J connectivity index is 1.74. The number of aliphatic hydroxyl groups excluding tert-OH is 1. The molecule has 1 saturated heterocycles. The topological polar surface area (TPSA) is 117 Å². The summed E-state index contributed by atoms with van der Waals surface area (Å²) < 4.78 is 27.2. The number of unbranched alkanes of at least 4 members (excludes halogenated alkanes) is 4. The minimum Gasteiger partial charge on any atom is -0.450 e. The largest absolute Gasteiger partial charge is 0.450 e. The monoisotopic (exact) mass is 417 g/mol. The van der Waals surface area contributed by atoms with Gasteiger partial charge >= 0.3 is 11.7 Å². The van der Waals surface area contributed by atoms with Crippen molar-refractivity contribution in [3.05, 3.63) is 22.7 Å². The van der Waals surface area contributed by atoms with Crippen molar-refractivity contribution < 1.29 is 23.8 Å². The summed E-state index contributed by atoms with van der Waals surface area (Å²) >= 11 is 5.94. The number of nitrogens with two attached hydrogens (primary N) is 1. The Labute approximate surface area is 166 Å². The van der Waals surface area contributed by atoms with Crippen molar-refractivity contribution in [2.45, 2.75) is 75.2 Å². The SMILES string of the molecule is CCCCCCCC(=O)O[C@]12C(O)[C@@]1(CCl)O[C@@H](n1ccc(N)nc1=O)[C@@H]2F. The van der Waals surface area contributed by atoms with E-state index < -0.39 is 41.4 Å². The zero-order chi connectivity index (χ0) is 20.5. The highest BCUT2D eigenvalue weighted by Crippen LogP contribution is 2.66. The van der Waals surface area contributed by atoms with Crippen molar-refractivity contribution in [3.63, 3.8) is 0 Å². The van der Waals surface area contributed by atoms with Gasteiger partial charge in [0.05, 0.1) is 5.88 Å². The number of halogens is 2. The van der Waals surface area contributed by atoms with Gasteiger partial charge in [0, 0.05) is 12.6 Å². The van der Waals surface area contributed by atoms with E-state index in [9.17, 15) is 14.7 Å². The third-order valence-electron chi connectivity index (χ3n) is 5.51. The minimum absolute atomic E-state index is 0.0175. The van der Waals surface area contributed by atoms with Gasteiger partial charge in [-0.05, 0) is 12.5 Å². The second-order valence-electron chi connectivity index (χ2n) is 7.31. The van der Waals surface area contributed by atoms with Gasteiger partial charge in [0.25, 0.3) is 0 Å². The third kappa shape index (κ3) is 3.19. The molecule has 1 aliphatic heterocycles. The first kappa shape index (κ1) is 21.0. The minimum atomic E-state index is -1.99. The molecule has 2 fully saturated rings. The molecule has 8 nitrogen and oxygen atoms in total. The van der Waals surface area contributed by atoms with E-state index in [1.807, 2.05) is 0 Å². The first-order valence-corrected chi connectivity index (χ1v) is 10.00. The fourth-order valence-corrected chi connectivity index (χ4v) is 4.27. The van der Waals surface area contributed by atoms with Crippen LogP contribution >= 0.6 is 11.6 Å². The number of carbonyl (C=O) groups is 1. The van der Waals surface area contributed by atoms with Crippen molar-refractivity contribution in [2.75, 3.05) is 11.6 Å². The van der Waals surface area contributed by atoms with E-state index in [-0.39, 0.29) is 18.1 Å². The second kappa shape index (κ2) is 7.96. The van der Waals surface area contributed by atoms with Crippen LogP contribution in [0.4, 0.5) is 10.2 Å². The highest BCUT2D eigenvalue weighted by molar-refractivity contribution is 6.19. The molecule has 10 heteroatoms. The van der Waals surface area contributed by atoms with Gasteiger partial charge in [-0.2, -0.15) is 4.98 Å². The molecule has 2 heterocycles. The number of fused-ring (bicyclic) bond motifs is 1. The Morgan fingerprint density at radius 2 is 2.18 bits per heavy atom. The Morgan fingerprint density at radius 3 is 2.82 bits per heavy atom. The molecule has 0 spiro atoms. The summed E-state index contributed by atoms with van der Waals surface area (Å²) in [6, 6.07) is 1.32. The number of nitrogens with zero attached hydrogens (tertiary/aromatic N) is 2. The van der Waals surface area contributed by atoms with E-state index in [0.717, 1.165) is 30.3 Å². The zero-order valence-corrected chi connectivity index (χ0v) is 16.4. The molecule has 1 aromatic rings. The van der Waals surface area contributed by atoms with Crippen LogP contribution in [0.25, 0.3) is 0 Å². The maximum absolute atomic E-state index is 15.3. The number of aliphatic hydroxyl groups is 1. The Morgan fingerprint density at radius 1 is 1.46 bits per heavy atom. The van der Waals surface area contributed by atoms with E-state index in [4.69, 9.17) is 26.8 Å². The lowest BCUT2D eigenvalue weighted by Gasteiger charge is -2.23. The lowest BCUT2D eigenvalue weighted by atomic mass is 10.1. The number of alkyl halides is 2. The fraction of sp³-hybridized carbons (Fsp3) is 0.722. The van der Waals surface area contributed by atoms with Crippen LogP contribution in [0.3, 0.4) is 0 Å². The molecule has 1 unspecified atom stereocenters. The molecule has 0 amide bonds. The highest BCUT2D eigenvalue weighted by Gasteiger charge is 2.91. The molecule has 1 saturated carbocycles. The van der Waals surface area contributed by atoms with Crippen molar-refractivity contribution in [1.82, 2.24) is 9.55 Å². The van der Waals surface area contributed by atoms with Crippen molar-refractivity contribution in [1.29, 1.82) is 0 Å². The van der Waals surface area contributed by atoms with Gasteiger partial charge < -0.3 is 20.3 Å². The predicted molar refractivity (Wildman–Crippen MR) is 99.6 cm³/mol. The molecule has 28 heavy (non-hydrogen) atoms. The molecule has 0 radical (unpaired) electrons. The lowest BCUT2D eigenvalue weighted by Crippen LogP contribution is -2.40. The molecule has 0 aromatic carbocycles. The van der Waals surface area contributed by atoms with Crippen LogP contribution in [-0.4, -0.2) is 50.0 Å². The van der Waals surface area contributed by atoms with Crippen LogP contribution in [0.1, 0.15) is 51.7 Å². The molecular weight excluding hydrogens is 393 g/mol. The fourth-order valence-electron chi connectivity index (χ4n) is 3.85. The summed E-state index contributed by atoms with van der Waals surface area (Å²) in [6.07, 6.45) is 1.16. The second-order valence-corrected chi connectivity index (χ2v) is 7.58. The van der Waals surface area contributed by atoms with Gasteiger partial charge in [-0.1, -0.05) is 32.6 Å². The molecule has 1 aromatic heterocycles. The molecule has 1 aliphatic carbocycles. The van der Waals surface area contributed by atoms with E-state index in [2.05, 4.69) is 11.9 Å². The van der Waals surface area contributed by atoms with E-state index >= 15 is 4.39 Å². The molecular formula is C18H25ClFN3O5. The molecule has 156 valence electrons. The first-order valence-electron chi connectivity index (χ1n) is 9.46. The average Bonchev–Trinajstić information content (AvgIpc) is 3.04. The van der Waals surface area contributed by atoms with Crippen LogP contribution < -0.4 is 11.4 Å². The quantitative estimate of drug-likeness (QED) is 0.356. The van der Waals surface area contributed by atoms with Gasteiger partial charge in [-0.25, -0.2) is 9.18 Å². The summed E-state index contributed by atoms with van der Waals surface area (Å²) in [4.78, 5) is 27.9. The standard InChI is InChI=1S/C18H25ClFN3O5/c1-2-3-4-5-6-7-12(24)27-18-13(20)14(28-17(18,10-19)15(18)25)23-9-8-11(21)22-16(23)26/h8-9,13-15,25H,2-7,10H2,1H3,(H2,21,22,26)/t13-,14+,15?,17+,18+/m0/s1. The number of carbonyl (C=O) groups excluding carboxylic acids is 1. The van der Waals surface area contributed by atoms with Gasteiger partial charge in [-0.15, -0.1) is 11.6 Å². The van der Waals surface area contributed by atoms with Gasteiger partial charge in [0.15, 0.2) is 18.0 Å². The van der Waals surface area contributed by atoms with Crippen LogP contribution in [0.2, 0.25) is 0 Å². The van der Waals surface area contributed by atoms with Gasteiger partial charge in [0.1, 0.15) is 11.9 Å².